The minimum Gasteiger partial charge on any atom is -0.466 e. The Morgan fingerprint density at radius 1 is 1.17 bits per heavy atom. The second-order valence-electron chi connectivity index (χ2n) is 9.06. The third kappa shape index (κ3) is 5.26. The zero-order chi connectivity index (χ0) is 21.9. The van der Waals surface area contributed by atoms with Crippen LogP contribution in [0.2, 0.25) is 0 Å². The van der Waals surface area contributed by atoms with Crippen LogP contribution in [0, 0.1) is 11.8 Å². The van der Waals surface area contributed by atoms with Crippen molar-refractivity contribution in [3.63, 3.8) is 0 Å². The lowest BCUT2D eigenvalue weighted by Gasteiger charge is -2.42. The van der Waals surface area contributed by atoms with Gasteiger partial charge in [-0.15, -0.1) is 11.8 Å². The molecule has 1 aromatic carbocycles. The molecule has 0 spiro atoms. The zero-order valence-electron chi connectivity index (χ0n) is 18.9. The highest BCUT2D eigenvalue weighted by Crippen LogP contribution is 2.51. The Morgan fingerprint density at radius 2 is 1.93 bits per heavy atom. The summed E-state index contributed by atoms with van der Waals surface area (Å²) in [5.41, 5.74) is 5.43. The number of benzene rings is 1. The number of hydrogen-bond donors (Lipinski definition) is 0. The van der Waals surface area contributed by atoms with Crippen molar-refractivity contribution in [2.45, 2.75) is 75.9 Å². The van der Waals surface area contributed by atoms with E-state index < -0.39 is 0 Å². The monoisotopic (exact) mass is 421 g/mol. The molecule has 0 unspecified atom stereocenters. The van der Waals surface area contributed by atoms with E-state index in [1.54, 1.807) is 13.1 Å². The highest BCUT2D eigenvalue weighted by molar-refractivity contribution is 8.00. The molecule has 1 aliphatic heterocycles. The fraction of sp³-hybridized carbons (Fsp3) is 0.462. The van der Waals surface area contributed by atoms with Crippen molar-refractivity contribution in [1.29, 1.82) is 0 Å². The molecule has 0 N–H and O–H groups in total. The molecular weight excluding hydrogens is 390 g/mol. The fourth-order valence-corrected chi connectivity index (χ4v) is 5.93. The van der Waals surface area contributed by atoms with E-state index in [-0.39, 0.29) is 22.6 Å². The Morgan fingerprint density at radius 3 is 2.57 bits per heavy atom. The minimum atomic E-state index is -0.233. The van der Waals surface area contributed by atoms with Crippen molar-refractivity contribution >= 4 is 17.7 Å². The van der Waals surface area contributed by atoms with Gasteiger partial charge in [-0.25, -0.2) is 4.98 Å². The van der Waals surface area contributed by atoms with Gasteiger partial charge in [-0.05, 0) is 66.0 Å². The number of aromatic nitrogens is 1. The van der Waals surface area contributed by atoms with Gasteiger partial charge in [0.15, 0.2) is 0 Å². The van der Waals surface area contributed by atoms with E-state index in [4.69, 9.17) is 4.74 Å². The van der Waals surface area contributed by atoms with Crippen LogP contribution in [0.1, 0.15) is 75.9 Å². The van der Waals surface area contributed by atoms with Crippen LogP contribution in [0.3, 0.4) is 0 Å². The van der Waals surface area contributed by atoms with Crippen molar-refractivity contribution in [2.75, 3.05) is 6.61 Å². The summed E-state index contributed by atoms with van der Waals surface area (Å²) in [6.45, 7) is 13.7. The van der Waals surface area contributed by atoms with Crippen molar-refractivity contribution in [3.8, 4) is 11.8 Å². The van der Waals surface area contributed by atoms with Crippen molar-refractivity contribution < 1.29 is 9.53 Å². The molecular formula is C26H31NO2S. The molecule has 2 aromatic rings. The third-order valence-electron chi connectivity index (χ3n) is 5.37. The summed E-state index contributed by atoms with van der Waals surface area (Å²) in [5, 5.41) is 0. The maximum absolute atomic E-state index is 11.6. The van der Waals surface area contributed by atoms with Crippen LogP contribution in [0.25, 0.3) is 0 Å². The summed E-state index contributed by atoms with van der Waals surface area (Å²) in [6, 6.07) is 8.39. The molecule has 1 aliphatic rings. The number of thioether (sulfide) groups is 1. The highest BCUT2D eigenvalue weighted by Gasteiger charge is 2.38. The van der Waals surface area contributed by atoms with Gasteiger partial charge in [0.1, 0.15) is 5.69 Å². The molecule has 158 valence electrons. The molecule has 0 bridgehead atoms. The lowest BCUT2D eigenvalue weighted by atomic mass is 9.76. The molecule has 0 aliphatic carbocycles. The van der Waals surface area contributed by atoms with Crippen molar-refractivity contribution in [2.24, 2.45) is 0 Å². The number of hydrogen-bond acceptors (Lipinski definition) is 4. The van der Waals surface area contributed by atoms with E-state index in [0.717, 1.165) is 24.0 Å². The van der Waals surface area contributed by atoms with Gasteiger partial charge in [0, 0.05) is 21.4 Å². The number of pyridine rings is 1. The first-order valence-electron chi connectivity index (χ1n) is 10.6. The van der Waals surface area contributed by atoms with Gasteiger partial charge in [-0.1, -0.05) is 46.6 Å². The van der Waals surface area contributed by atoms with Crippen LogP contribution >= 0.6 is 11.8 Å². The van der Waals surface area contributed by atoms with Crippen LogP contribution < -0.4 is 0 Å². The standard InChI is InChI=1S/C26H31NO2S/c1-7-19-15-23-22(25(3,4)17-26(5,6)30-23)14-20(19)10-12-21-11-9-18(16-27-21)13-24(28)29-8-2/h9,11,14-16H,7-8,13,17H2,1-6H3. The summed E-state index contributed by atoms with van der Waals surface area (Å²) < 4.78 is 5.23. The van der Waals surface area contributed by atoms with Crippen LogP contribution in [0.5, 0.6) is 0 Å². The van der Waals surface area contributed by atoms with Gasteiger partial charge in [0.25, 0.3) is 0 Å². The number of fused-ring (bicyclic) bond motifs is 1. The summed E-state index contributed by atoms with van der Waals surface area (Å²) in [5.74, 6) is 6.33. The Kier molecular flexibility index (Phi) is 6.62. The maximum Gasteiger partial charge on any atom is 0.310 e. The van der Waals surface area contributed by atoms with Gasteiger partial charge >= 0.3 is 5.97 Å². The number of carbonyl (C=O) groups excluding carboxylic acids is 1. The van der Waals surface area contributed by atoms with Crippen LogP contribution in [0.15, 0.2) is 35.4 Å². The molecule has 1 aromatic heterocycles. The molecule has 2 heterocycles. The predicted octanol–water partition coefficient (Wildman–Crippen LogP) is 5.70. The summed E-state index contributed by atoms with van der Waals surface area (Å²) in [6.07, 6.45) is 4.03. The molecule has 0 atom stereocenters. The second kappa shape index (κ2) is 8.86. The molecule has 30 heavy (non-hydrogen) atoms. The minimum absolute atomic E-state index is 0.125. The van der Waals surface area contributed by atoms with E-state index in [1.807, 2.05) is 23.9 Å². The van der Waals surface area contributed by atoms with E-state index in [0.29, 0.717) is 12.3 Å². The van der Waals surface area contributed by atoms with Gasteiger partial charge in [0.05, 0.1) is 13.0 Å². The lowest BCUT2D eigenvalue weighted by molar-refractivity contribution is -0.142. The molecule has 0 saturated carbocycles. The molecule has 0 radical (unpaired) electrons. The predicted molar refractivity (Wildman–Crippen MR) is 124 cm³/mol. The fourth-order valence-electron chi connectivity index (χ4n) is 4.25. The average Bonchev–Trinajstić information content (AvgIpc) is 2.65. The largest absolute Gasteiger partial charge is 0.466 e. The first-order valence-corrected chi connectivity index (χ1v) is 11.4. The van der Waals surface area contributed by atoms with Crippen molar-refractivity contribution in [3.05, 3.63) is 58.4 Å². The smallest absolute Gasteiger partial charge is 0.310 e. The van der Waals surface area contributed by atoms with E-state index in [1.165, 1.54) is 16.0 Å². The van der Waals surface area contributed by atoms with Crippen LogP contribution in [-0.2, 0) is 27.8 Å². The summed E-state index contributed by atoms with van der Waals surface area (Å²) >= 11 is 1.98. The van der Waals surface area contributed by atoms with Crippen LogP contribution in [0.4, 0.5) is 0 Å². The lowest BCUT2D eigenvalue weighted by Crippen LogP contribution is -2.33. The Balaban J connectivity index is 1.88. The average molecular weight is 422 g/mol. The van der Waals surface area contributed by atoms with E-state index in [2.05, 4.69) is 63.6 Å². The van der Waals surface area contributed by atoms with E-state index >= 15 is 0 Å². The quantitative estimate of drug-likeness (QED) is 0.469. The van der Waals surface area contributed by atoms with Gasteiger partial charge in [-0.3, -0.25) is 4.79 Å². The van der Waals surface area contributed by atoms with Gasteiger partial charge < -0.3 is 4.74 Å². The highest BCUT2D eigenvalue weighted by atomic mass is 32.2. The first-order chi connectivity index (χ1) is 14.1. The number of aryl methyl sites for hydroxylation is 1. The second-order valence-corrected chi connectivity index (χ2v) is 10.8. The molecule has 4 heteroatoms. The summed E-state index contributed by atoms with van der Waals surface area (Å²) in [7, 11) is 0. The molecule has 0 amide bonds. The topological polar surface area (TPSA) is 39.2 Å². The number of rotatable bonds is 4. The maximum atomic E-state index is 11.6. The molecule has 0 saturated heterocycles. The number of nitrogens with zero attached hydrogens (tertiary/aromatic N) is 1. The summed E-state index contributed by atoms with van der Waals surface area (Å²) in [4.78, 5) is 17.4. The molecule has 0 fully saturated rings. The van der Waals surface area contributed by atoms with E-state index in [9.17, 15) is 4.79 Å². The number of carbonyl (C=O) groups is 1. The van der Waals surface area contributed by atoms with Gasteiger partial charge in [-0.2, -0.15) is 0 Å². The Labute approximate surface area is 185 Å². The van der Waals surface area contributed by atoms with Gasteiger partial charge in [0.2, 0.25) is 0 Å². The zero-order valence-corrected chi connectivity index (χ0v) is 19.7. The SMILES string of the molecule is CCOC(=O)Cc1ccc(C#Cc2cc3c(cc2CC)SC(C)(C)CC3(C)C)nc1. The number of esters is 1. The van der Waals surface area contributed by atoms with Crippen molar-refractivity contribution in [1.82, 2.24) is 4.98 Å². The normalized spacial score (nSPS) is 16.2. The first kappa shape index (κ1) is 22.4. The molecule has 3 nitrogen and oxygen atoms in total. The Hall–Kier alpha value is -2.25. The Bertz CT molecular complexity index is 994. The van der Waals surface area contributed by atoms with Crippen LogP contribution in [-0.4, -0.2) is 22.3 Å². The molecule has 3 rings (SSSR count). The number of ether oxygens (including phenoxy) is 1. The third-order valence-corrected chi connectivity index (χ3v) is 6.63.